The zero-order chi connectivity index (χ0) is 20.4. The van der Waals surface area contributed by atoms with Gasteiger partial charge in [-0.1, -0.05) is 12.1 Å². The number of nitrogens with one attached hydrogen (secondary N) is 1. The van der Waals surface area contributed by atoms with E-state index in [-0.39, 0.29) is 11.5 Å². The summed E-state index contributed by atoms with van der Waals surface area (Å²) in [6.07, 6.45) is 6.88. The molecule has 6 heteroatoms. The van der Waals surface area contributed by atoms with Crippen LogP contribution >= 0.6 is 0 Å². The summed E-state index contributed by atoms with van der Waals surface area (Å²) < 4.78 is 29.2. The molecule has 1 amide bonds. The average Bonchev–Trinajstić information content (AvgIpc) is 3.25. The van der Waals surface area contributed by atoms with Crippen LogP contribution in [0.25, 0.3) is 16.8 Å². The van der Waals surface area contributed by atoms with Crippen LogP contribution in [0.1, 0.15) is 15.9 Å². The molecule has 0 spiro atoms. The smallest absolute Gasteiger partial charge is 0.257 e. The van der Waals surface area contributed by atoms with E-state index in [2.05, 4.69) is 10.3 Å². The maximum absolute atomic E-state index is 14.1. The van der Waals surface area contributed by atoms with Gasteiger partial charge in [-0.25, -0.2) is 8.78 Å². The third-order valence-electron chi connectivity index (χ3n) is 4.62. The molecule has 29 heavy (non-hydrogen) atoms. The quantitative estimate of drug-likeness (QED) is 0.509. The van der Waals surface area contributed by atoms with E-state index < -0.39 is 11.6 Å². The van der Waals surface area contributed by atoms with E-state index >= 15 is 0 Å². The van der Waals surface area contributed by atoms with Crippen LogP contribution in [0.3, 0.4) is 0 Å². The van der Waals surface area contributed by atoms with Gasteiger partial charge < -0.3 is 9.88 Å². The number of halogens is 2. The minimum atomic E-state index is -0.658. The number of nitrogens with zero attached hydrogens (tertiary/aromatic N) is 2. The highest BCUT2D eigenvalue weighted by Gasteiger charge is 2.12. The van der Waals surface area contributed by atoms with E-state index in [9.17, 15) is 13.6 Å². The van der Waals surface area contributed by atoms with Gasteiger partial charge in [0.05, 0.1) is 17.4 Å². The molecule has 0 atom stereocenters. The zero-order valence-electron chi connectivity index (χ0n) is 15.6. The highest BCUT2D eigenvalue weighted by atomic mass is 19.1. The third kappa shape index (κ3) is 3.91. The second-order valence-electron chi connectivity index (χ2n) is 6.63. The Morgan fingerprint density at radius 3 is 2.55 bits per heavy atom. The van der Waals surface area contributed by atoms with Crippen LogP contribution in [0.5, 0.6) is 0 Å². The highest BCUT2D eigenvalue weighted by molar-refractivity contribution is 6.05. The Labute approximate surface area is 166 Å². The molecule has 0 aliphatic rings. The molecule has 0 aliphatic heterocycles. The fourth-order valence-electron chi connectivity index (χ4n) is 3.04. The number of hydrogen-bond acceptors (Lipinski definition) is 2. The van der Waals surface area contributed by atoms with Gasteiger partial charge in [0.2, 0.25) is 0 Å². The predicted octanol–water partition coefficient (Wildman–Crippen LogP) is 5.38. The van der Waals surface area contributed by atoms with Crippen molar-refractivity contribution < 1.29 is 13.6 Å². The minimum absolute atomic E-state index is 0.262. The van der Waals surface area contributed by atoms with E-state index in [0.717, 1.165) is 17.3 Å². The summed E-state index contributed by atoms with van der Waals surface area (Å²) in [5, 5.41) is 2.86. The number of aromatic nitrogens is 2. The number of aryl methyl sites for hydroxylation is 1. The number of benzene rings is 2. The number of carbonyl (C=O) groups excluding carboxylic acids is 1. The van der Waals surface area contributed by atoms with Crippen molar-refractivity contribution in [2.24, 2.45) is 0 Å². The molecule has 0 unspecified atom stereocenters. The summed E-state index contributed by atoms with van der Waals surface area (Å²) in [6.45, 7) is 1.84. The fraction of sp³-hybridized carbons (Fsp3) is 0.0435. The van der Waals surface area contributed by atoms with Crippen LogP contribution in [-0.2, 0) is 0 Å². The molecule has 4 aromatic rings. The Morgan fingerprint density at radius 1 is 1.00 bits per heavy atom. The van der Waals surface area contributed by atoms with E-state index in [0.29, 0.717) is 16.8 Å². The molecule has 144 valence electrons. The Kier molecular flexibility index (Phi) is 4.91. The first-order chi connectivity index (χ1) is 14.0. The van der Waals surface area contributed by atoms with Crippen molar-refractivity contribution in [3.63, 3.8) is 0 Å². The molecule has 4 nitrogen and oxygen atoms in total. The monoisotopic (exact) mass is 389 g/mol. The van der Waals surface area contributed by atoms with E-state index in [1.807, 2.05) is 36.0 Å². The molecule has 2 aromatic heterocycles. The molecule has 2 heterocycles. The van der Waals surface area contributed by atoms with Gasteiger partial charge in [-0.15, -0.1) is 0 Å². The molecular formula is C23H17F2N3O. The van der Waals surface area contributed by atoms with Gasteiger partial charge in [0.1, 0.15) is 11.6 Å². The van der Waals surface area contributed by atoms with Crippen LogP contribution in [0.2, 0.25) is 0 Å². The molecule has 2 aromatic carbocycles. The maximum atomic E-state index is 14.1. The third-order valence-corrected chi connectivity index (χ3v) is 4.62. The number of carbonyl (C=O) groups is 1. The lowest BCUT2D eigenvalue weighted by molar-refractivity contribution is 0.102. The van der Waals surface area contributed by atoms with Gasteiger partial charge in [-0.05, 0) is 54.4 Å². The molecule has 0 saturated carbocycles. The Hall–Kier alpha value is -3.80. The molecular weight excluding hydrogens is 372 g/mol. The molecule has 0 bridgehead atoms. The molecule has 0 aliphatic carbocycles. The van der Waals surface area contributed by atoms with Gasteiger partial charge in [-0.2, -0.15) is 0 Å². The first-order valence-electron chi connectivity index (χ1n) is 8.97. The standard InChI is InChI=1S/C23H17F2N3O/c1-15-4-5-16(20-7-6-18(24)12-21(20)25)11-22(15)27-23(29)17-10-19(14-26-13-17)28-8-2-3-9-28/h2-14H,1H3,(H,27,29). The summed E-state index contributed by atoms with van der Waals surface area (Å²) in [7, 11) is 0. The normalized spacial score (nSPS) is 10.7. The van der Waals surface area contributed by atoms with Crippen molar-refractivity contribution in [1.29, 1.82) is 0 Å². The number of pyridine rings is 1. The average molecular weight is 389 g/mol. The van der Waals surface area contributed by atoms with E-state index in [1.165, 1.54) is 18.3 Å². The van der Waals surface area contributed by atoms with Gasteiger partial charge in [0, 0.05) is 35.9 Å². The highest BCUT2D eigenvalue weighted by Crippen LogP contribution is 2.28. The topological polar surface area (TPSA) is 46.9 Å². The number of anilines is 1. The Bertz CT molecular complexity index is 1190. The summed E-state index contributed by atoms with van der Waals surface area (Å²) >= 11 is 0. The summed E-state index contributed by atoms with van der Waals surface area (Å²) in [4.78, 5) is 16.9. The van der Waals surface area contributed by atoms with Crippen molar-refractivity contribution in [3.8, 4) is 16.8 Å². The molecule has 4 rings (SSSR count). The van der Waals surface area contributed by atoms with Crippen LogP contribution < -0.4 is 5.32 Å². The van der Waals surface area contributed by atoms with E-state index in [4.69, 9.17) is 0 Å². The Morgan fingerprint density at radius 2 is 1.79 bits per heavy atom. The lowest BCUT2D eigenvalue weighted by atomic mass is 10.0. The molecule has 0 fully saturated rings. The largest absolute Gasteiger partial charge is 0.322 e. The number of amides is 1. The lowest BCUT2D eigenvalue weighted by Gasteiger charge is -2.12. The zero-order valence-corrected chi connectivity index (χ0v) is 15.6. The van der Waals surface area contributed by atoms with Crippen molar-refractivity contribution in [2.75, 3.05) is 5.32 Å². The molecule has 1 N–H and O–H groups in total. The van der Waals surface area contributed by atoms with Crippen molar-refractivity contribution >= 4 is 11.6 Å². The van der Waals surface area contributed by atoms with Gasteiger partial charge in [0.15, 0.2) is 0 Å². The van der Waals surface area contributed by atoms with Crippen molar-refractivity contribution in [1.82, 2.24) is 9.55 Å². The predicted molar refractivity (Wildman–Crippen MR) is 108 cm³/mol. The van der Waals surface area contributed by atoms with Crippen LogP contribution in [0, 0.1) is 18.6 Å². The summed E-state index contributed by atoms with van der Waals surface area (Å²) in [5.41, 5.74) is 3.33. The first-order valence-corrected chi connectivity index (χ1v) is 8.97. The minimum Gasteiger partial charge on any atom is -0.322 e. The lowest BCUT2D eigenvalue weighted by Crippen LogP contribution is -2.13. The van der Waals surface area contributed by atoms with Gasteiger partial charge in [0.25, 0.3) is 5.91 Å². The van der Waals surface area contributed by atoms with Crippen LogP contribution in [0.4, 0.5) is 14.5 Å². The van der Waals surface area contributed by atoms with Crippen LogP contribution in [0.15, 0.2) is 79.4 Å². The second-order valence-corrected chi connectivity index (χ2v) is 6.63. The Balaban J connectivity index is 1.63. The fourth-order valence-corrected chi connectivity index (χ4v) is 3.04. The van der Waals surface area contributed by atoms with Crippen molar-refractivity contribution in [3.05, 3.63) is 102 Å². The maximum Gasteiger partial charge on any atom is 0.257 e. The van der Waals surface area contributed by atoms with Gasteiger partial charge in [-0.3, -0.25) is 9.78 Å². The van der Waals surface area contributed by atoms with Gasteiger partial charge >= 0.3 is 0 Å². The SMILES string of the molecule is Cc1ccc(-c2ccc(F)cc2F)cc1NC(=O)c1cncc(-n2cccc2)c1. The summed E-state index contributed by atoms with van der Waals surface area (Å²) in [6, 6.07) is 14.1. The second kappa shape index (κ2) is 7.67. The summed E-state index contributed by atoms with van der Waals surface area (Å²) in [5.74, 6) is -1.62. The van der Waals surface area contributed by atoms with E-state index in [1.54, 1.807) is 30.5 Å². The number of hydrogen-bond donors (Lipinski definition) is 1. The molecule has 0 radical (unpaired) electrons. The number of rotatable bonds is 4. The molecule has 0 saturated heterocycles. The first kappa shape index (κ1) is 18.6. The van der Waals surface area contributed by atoms with Crippen LogP contribution in [-0.4, -0.2) is 15.5 Å². The van der Waals surface area contributed by atoms with Crippen molar-refractivity contribution in [2.45, 2.75) is 6.92 Å².